The van der Waals surface area contributed by atoms with Gasteiger partial charge in [0.05, 0.1) is 22.0 Å². The number of nitrogens with one attached hydrogen (secondary N) is 1. The summed E-state index contributed by atoms with van der Waals surface area (Å²) in [6, 6.07) is 1.92. The summed E-state index contributed by atoms with van der Waals surface area (Å²) >= 11 is 16.2. The van der Waals surface area contributed by atoms with Gasteiger partial charge < -0.3 is 11.1 Å². The van der Waals surface area contributed by atoms with Gasteiger partial charge in [0.25, 0.3) is 0 Å². The van der Waals surface area contributed by atoms with E-state index < -0.39 is 0 Å². The first-order valence-electron chi connectivity index (χ1n) is 7.94. The SMILES string of the molecule is N[C@@H]1CC=CC[C@H]1c1sc2c(NCc3nccs3)cc(Cl)nc2c1Cl. The molecule has 0 radical (unpaired) electrons. The number of anilines is 1. The van der Waals surface area contributed by atoms with Crippen LogP contribution >= 0.6 is 45.9 Å². The third-order valence-corrected chi connectivity index (χ3v) is 7.12. The van der Waals surface area contributed by atoms with E-state index in [9.17, 15) is 0 Å². The molecule has 0 saturated carbocycles. The Bertz CT molecular complexity index is 921. The molecule has 4 nitrogen and oxygen atoms in total. The number of thiazole rings is 1. The number of rotatable bonds is 4. The molecule has 0 aromatic carbocycles. The molecule has 3 aromatic rings. The average molecular weight is 411 g/mol. The van der Waals surface area contributed by atoms with E-state index in [1.165, 1.54) is 0 Å². The number of allylic oxidation sites excluding steroid dienone is 1. The fraction of sp³-hybridized carbons (Fsp3) is 0.294. The first-order valence-corrected chi connectivity index (χ1v) is 10.4. The lowest BCUT2D eigenvalue weighted by molar-refractivity contribution is 0.528. The van der Waals surface area contributed by atoms with Crippen molar-refractivity contribution in [2.45, 2.75) is 31.3 Å². The van der Waals surface area contributed by atoms with Crippen LogP contribution in [0.25, 0.3) is 10.2 Å². The van der Waals surface area contributed by atoms with Gasteiger partial charge in [-0.05, 0) is 12.8 Å². The highest BCUT2D eigenvalue weighted by Gasteiger charge is 2.27. The third kappa shape index (κ3) is 3.41. The lowest BCUT2D eigenvalue weighted by Crippen LogP contribution is -2.29. The van der Waals surface area contributed by atoms with Crippen LogP contribution in [-0.2, 0) is 6.54 Å². The van der Waals surface area contributed by atoms with Crippen molar-refractivity contribution in [2.75, 3.05) is 5.32 Å². The fourth-order valence-electron chi connectivity index (χ4n) is 3.04. The topological polar surface area (TPSA) is 63.8 Å². The Balaban J connectivity index is 1.73. The molecule has 3 N–H and O–H groups in total. The molecule has 4 rings (SSSR count). The lowest BCUT2D eigenvalue weighted by Gasteiger charge is -2.24. The maximum absolute atomic E-state index is 6.67. The predicted molar refractivity (Wildman–Crippen MR) is 108 cm³/mol. The molecule has 0 spiro atoms. The van der Waals surface area contributed by atoms with Crippen molar-refractivity contribution < 1.29 is 0 Å². The van der Waals surface area contributed by atoms with Gasteiger partial charge in [-0.1, -0.05) is 35.4 Å². The van der Waals surface area contributed by atoms with Crippen LogP contribution in [0.5, 0.6) is 0 Å². The van der Waals surface area contributed by atoms with Crippen LogP contribution in [-0.4, -0.2) is 16.0 Å². The minimum Gasteiger partial charge on any atom is -0.377 e. The van der Waals surface area contributed by atoms with Crippen LogP contribution in [0.15, 0.2) is 29.8 Å². The zero-order valence-electron chi connectivity index (χ0n) is 13.2. The number of nitrogens with zero attached hydrogens (tertiary/aromatic N) is 2. The standard InChI is InChI=1S/C17H16Cl2N4S2/c18-12-7-11(22-8-13-21-5-6-24-13)17-15(23-12)14(19)16(25-17)9-3-1-2-4-10(9)20/h1-2,5-7,9-10H,3-4,8,20H2,(H,22,23)/t9-,10-/m1/s1. The maximum Gasteiger partial charge on any atom is 0.131 e. The molecule has 3 aromatic heterocycles. The van der Waals surface area contributed by atoms with E-state index >= 15 is 0 Å². The van der Waals surface area contributed by atoms with Crippen molar-refractivity contribution in [1.82, 2.24) is 9.97 Å². The minimum atomic E-state index is 0.0813. The number of aromatic nitrogens is 2. The zero-order valence-corrected chi connectivity index (χ0v) is 16.4. The van der Waals surface area contributed by atoms with Gasteiger partial charge in [0.2, 0.25) is 0 Å². The number of fused-ring (bicyclic) bond motifs is 1. The molecule has 2 atom stereocenters. The van der Waals surface area contributed by atoms with Gasteiger partial charge in [-0.15, -0.1) is 22.7 Å². The Morgan fingerprint density at radius 2 is 2.12 bits per heavy atom. The zero-order chi connectivity index (χ0) is 17.4. The highest BCUT2D eigenvalue weighted by atomic mass is 35.5. The quantitative estimate of drug-likeness (QED) is 0.444. The molecule has 3 heterocycles. The summed E-state index contributed by atoms with van der Waals surface area (Å²) in [4.78, 5) is 9.85. The molecule has 0 bridgehead atoms. The lowest BCUT2D eigenvalue weighted by atomic mass is 9.88. The predicted octanol–water partition coefficient (Wildman–Crippen LogP) is 5.43. The Morgan fingerprint density at radius 3 is 2.88 bits per heavy atom. The summed E-state index contributed by atoms with van der Waals surface area (Å²) in [5.74, 6) is 0.224. The molecule has 0 amide bonds. The van der Waals surface area contributed by atoms with Gasteiger partial charge in [0.1, 0.15) is 15.7 Å². The maximum atomic E-state index is 6.67. The second kappa shape index (κ2) is 7.21. The van der Waals surface area contributed by atoms with Crippen molar-refractivity contribution in [3.63, 3.8) is 0 Å². The Kier molecular flexibility index (Phi) is 4.97. The number of hydrogen-bond acceptors (Lipinski definition) is 6. The largest absolute Gasteiger partial charge is 0.377 e. The van der Waals surface area contributed by atoms with E-state index in [1.54, 1.807) is 28.9 Å². The van der Waals surface area contributed by atoms with Crippen molar-refractivity contribution in [1.29, 1.82) is 0 Å². The van der Waals surface area contributed by atoms with Crippen LogP contribution in [0, 0.1) is 0 Å². The summed E-state index contributed by atoms with van der Waals surface area (Å²) in [5.41, 5.74) is 8.00. The van der Waals surface area contributed by atoms with Crippen molar-refractivity contribution in [2.24, 2.45) is 5.73 Å². The van der Waals surface area contributed by atoms with Crippen molar-refractivity contribution in [3.05, 3.63) is 49.9 Å². The minimum absolute atomic E-state index is 0.0813. The van der Waals surface area contributed by atoms with Crippen LogP contribution in [0.2, 0.25) is 10.2 Å². The van der Waals surface area contributed by atoms with E-state index in [0.717, 1.165) is 38.6 Å². The number of halogens is 2. The van der Waals surface area contributed by atoms with Crippen molar-refractivity contribution in [3.8, 4) is 0 Å². The Hall–Kier alpha value is -1.18. The van der Waals surface area contributed by atoms with Gasteiger partial charge in [-0.3, -0.25) is 0 Å². The number of hydrogen-bond donors (Lipinski definition) is 2. The summed E-state index contributed by atoms with van der Waals surface area (Å²) in [7, 11) is 0. The molecule has 130 valence electrons. The van der Waals surface area contributed by atoms with E-state index in [1.807, 2.05) is 11.4 Å². The average Bonchev–Trinajstić information content (AvgIpc) is 3.22. The molecular formula is C17H16Cl2N4S2. The second-order valence-corrected chi connectivity index (χ2v) is 8.74. The molecule has 1 aliphatic carbocycles. The van der Waals surface area contributed by atoms with Crippen LogP contribution in [0.4, 0.5) is 5.69 Å². The van der Waals surface area contributed by atoms with Crippen LogP contribution in [0.1, 0.15) is 28.6 Å². The van der Waals surface area contributed by atoms with Crippen LogP contribution in [0.3, 0.4) is 0 Å². The summed E-state index contributed by atoms with van der Waals surface area (Å²) < 4.78 is 1.02. The van der Waals surface area contributed by atoms with Crippen molar-refractivity contribution >= 4 is 61.8 Å². The monoisotopic (exact) mass is 410 g/mol. The van der Waals surface area contributed by atoms with E-state index in [0.29, 0.717) is 16.7 Å². The molecule has 0 aliphatic heterocycles. The van der Waals surface area contributed by atoms with E-state index in [4.69, 9.17) is 28.9 Å². The van der Waals surface area contributed by atoms with Gasteiger partial charge in [0, 0.05) is 34.5 Å². The molecule has 1 aliphatic rings. The normalized spacial score (nSPS) is 20.3. The Morgan fingerprint density at radius 1 is 1.28 bits per heavy atom. The highest BCUT2D eigenvalue weighted by molar-refractivity contribution is 7.20. The smallest absolute Gasteiger partial charge is 0.131 e. The molecule has 0 saturated heterocycles. The first kappa shape index (κ1) is 17.2. The van der Waals surface area contributed by atoms with Crippen LogP contribution < -0.4 is 11.1 Å². The van der Waals surface area contributed by atoms with Gasteiger partial charge in [0.15, 0.2) is 0 Å². The molecule has 0 fully saturated rings. The summed E-state index contributed by atoms with van der Waals surface area (Å²) in [6.45, 7) is 0.643. The molecule has 0 unspecified atom stereocenters. The highest BCUT2D eigenvalue weighted by Crippen LogP contribution is 2.45. The van der Waals surface area contributed by atoms with Gasteiger partial charge >= 0.3 is 0 Å². The Labute approximate surface area is 163 Å². The van der Waals surface area contributed by atoms with Gasteiger partial charge in [-0.25, -0.2) is 9.97 Å². The first-order chi connectivity index (χ1) is 12.1. The van der Waals surface area contributed by atoms with E-state index in [2.05, 4.69) is 27.4 Å². The molecule has 8 heteroatoms. The summed E-state index contributed by atoms with van der Waals surface area (Å²) in [5, 5.41) is 7.50. The second-order valence-electron chi connectivity index (χ2n) is 5.94. The van der Waals surface area contributed by atoms with Gasteiger partial charge in [-0.2, -0.15) is 0 Å². The number of nitrogens with two attached hydrogens (primary N) is 1. The number of pyridine rings is 1. The third-order valence-electron chi connectivity index (χ3n) is 4.31. The molecular weight excluding hydrogens is 395 g/mol. The summed E-state index contributed by atoms with van der Waals surface area (Å²) in [6.07, 6.45) is 7.89. The number of thiophene rings is 1. The molecule has 25 heavy (non-hydrogen) atoms. The van der Waals surface area contributed by atoms with E-state index in [-0.39, 0.29) is 12.0 Å². The fourth-order valence-corrected chi connectivity index (χ4v) is 5.56.